The zero-order chi connectivity index (χ0) is 15.0. The van der Waals surface area contributed by atoms with Crippen LogP contribution in [0.25, 0.3) is 0 Å². The highest BCUT2D eigenvalue weighted by Crippen LogP contribution is 2.24. The second-order valence-corrected chi connectivity index (χ2v) is 5.80. The molecule has 1 rings (SSSR count). The van der Waals surface area contributed by atoms with E-state index < -0.39 is 18.0 Å². The van der Waals surface area contributed by atoms with Crippen LogP contribution in [0.3, 0.4) is 0 Å². The van der Waals surface area contributed by atoms with Crippen LogP contribution in [-0.2, 0) is 4.79 Å². The minimum Gasteiger partial charge on any atom is -0.480 e. The molecular formula is C13H18N2O3S2. The van der Waals surface area contributed by atoms with Gasteiger partial charge in [0.2, 0.25) is 0 Å². The number of hydrogen-bond donors (Lipinski definition) is 3. The maximum atomic E-state index is 11.9. The highest BCUT2D eigenvalue weighted by Gasteiger charge is 2.19. The molecule has 7 heteroatoms. The third-order valence-electron chi connectivity index (χ3n) is 2.57. The number of hydrogen-bond acceptors (Lipinski definition) is 4. The second-order valence-electron chi connectivity index (χ2n) is 3.97. The highest BCUT2D eigenvalue weighted by atomic mass is 32.2. The van der Waals surface area contributed by atoms with Gasteiger partial charge in [-0.3, -0.25) is 0 Å². The SMILES string of the molecule is CSCCC(NC(=O)Nc1ccccc1SC)C(=O)O. The Morgan fingerprint density at radius 1 is 1.30 bits per heavy atom. The largest absolute Gasteiger partial charge is 0.480 e. The molecule has 0 aliphatic rings. The molecule has 5 nitrogen and oxygen atoms in total. The van der Waals surface area contributed by atoms with Gasteiger partial charge >= 0.3 is 12.0 Å². The summed E-state index contributed by atoms with van der Waals surface area (Å²) in [5.41, 5.74) is 0.673. The molecule has 0 saturated carbocycles. The van der Waals surface area contributed by atoms with E-state index >= 15 is 0 Å². The molecule has 1 unspecified atom stereocenters. The molecule has 110 valence electrons. The highest BCUT2D eigenvalue weighted by molar-refractivity contribution is 7.98. The van der Waals surface area contributed by atoms with Crippen molar-refractivity contribution in [2.24, 2.45) is 0 Å². The van der Waals surface area contributed by atoms with E-state index in [1.54, 1.807) is 17.8 Å². The van der Waals surface area contributed by atoms with Crippen LogP contribution in [0.2, 0.25) is 0 Å². The van der Waals surface area contributed by atoms with Crippen LogP contribution < -0.4 is 10.6 Å². The Morgan fingerprint density at radius 3 is 2.60 bits per heavy atom. The molecule has 0 radical (unpaired) electrons. The first-order chi connectivity index (χ1) is 9.58. The van der Waals surface area contributed by atoms with Crippen LogP contribution >= 0.6 is 23.5 Å². The van der Waals surface area contributed by atoms with Crippen molar-refractivity contribution in [3.63, 3.8) is 0 Å². The van der Waals surface area contributed by atoms with E-state index in [2.05, 4.69) is 10.6 Å². The minimum atomic E-state index is -1.02. The van der Waals surface area contributed by atoms with Crippen molar-refractivity contribution >= 4 is 41.2 Å². The van der Waals surface area contributed by atoms with Gasteiger partial charge in [0.15, 0.2) is 0 Å². The average molecular weight is 314 g/mol. The first-order valence-electron chi connectivity index (χ1n) is 6.00. The van der Waals surface area contributed by atoms with Gasteiger partial charge in [0.1, 0.15) is 6.04 Å². The van der Waals surface area contributed by atoms with E-state index in [-0.39, 0.29) is 0 Å². The van der Waals surface area contributed by atoms with Crippen LogP contribution in [0.5, 0.6) is 0 Å². The zero-order valence-corrected chi connectivity index (χ0v) is 13.0. The number of carboxylic acid groups (broad SMARTS) is 1. The van der Waals surface area contributed by atoms with E-state index in [0.717, 1.165) is 4.90 Å². The first kappa shape index (κ1) is 16.7. The molecule has 0 aliphatic heterocycles. The minimum absolute atomic E-state index is 0.397. The Balaban J connectivity index is 2.63. The van der Waals surface area contributed by atoms with Crippen molar-refractivity contribution in [3.05, 3.63) is 24.3 Å². The fraction of sp³-hybridized carbons (Fsp3) is 0.385. The quantitative estimate of drug-likeness (QED) is 0.675. The van der Waals surface area contributed by atoms with Crippen LogP contribution in [-0.4, -0.2) is 41.4 Å². The summed E-state index contributed by atoms with van der Waals surface area (Å²) in [6.07, 6.45) is 4.21. The number of carbonyl (C=O) groups is 2. The summed E-state index contributed by atoms with van der Waals surface area (Å²) < 4.78 is 0. The van der Waals surface area contributed by atoms with Crippen molar-refractivity contribution < 1.29 is 14.7 Å². The number of benzene rings is 1. The fourth-order valence-corrected chi connectivity index (χ4v) is 2.58. The van der Waals surface area contributed by atoms with Gasteiger partial charge in [-0.25, -0.2) is 9.59 Å². The van der Waals surface area contributed by atoms with Gasteiger partial charge in [-0.15, -0.1) is 11.8 Å². The van der Waals surface area contributed by atoms with Gasteiger partial charge in [0.25, 0.3) is 0 Å². The normalized spacial score (nSPS) is 11.7. The number of amides is 2. The van der Waals surface area contributed by atoms with Crippen LogP contribution in [0.15, 0.2) is 29.2 Å². The Hall–Kier alpha value is -1.34. The van der Waals surface area contributed by atoms with Crippen LogP contribution in [0.1, 0.15) is 6.42 Å². The number of thioether (sulfide) groups is 2. The molecule has 20 heavy (non-hydrogen) atoms. The number of nitrogens with one attached hydrogen (secondary N) is 2. The molecule has 0 aliphatic carbocycles. The molecule has 0 bridgehead atoms. The lowest BCUT2D eigenvalue weighted by Crippen LogP contribution is -2.43. The number of anilines is 1. The van der Waals surface area contributed by atoms with Gasteiger partial charge in [-0.1, -0.05) is 12.1 Å². The van der Waals surface area contributed by atoms with Gasteiger partial charge < -0.3 is 15.7 Å². The van der Waals surface area contributed by atoms with Crippen molar-refractivity contribution in [2.45, 2.75) is 17.4 Å². The lowest BCUT2D eigenvalue weighted by Gasteiger charge is -2.15. The standard InChI is InChI=1S/C13H18N2O3S2/c1-19-8-7-10(12(16)17)15-13(18)14-9-5-3-4-6-11(9)20-2/h3-6,10H,7-8H2,1-2H3,(H,16,17)(H2,14,15,18). The number of carbonyl (C=O) groups excluding carboxylic acids is 1. The Labute approximate surface area is 126 Å². The van der Waals surface area contributed by atoms with Gasteiger partial charge in [0.05, 0.1) is 5.69 Å². The smallest absolute Gasteiger partial charge is 0.326 e. The molecule has 0 fully saturated rings. The summed E-state index contributed by atoms with van der Waals surface area (Å²) >= 11 is 3.06. The summed E-state index contributed by atoms with van der Waals surface area (Å²) in [5, 5.41) is 14.2. The van der Waals surface area contributed by atoms with Crippen molar-refractivity contribution in [3.8, 4) is 0 Å². The first-order valence-corrected chi connectivity index (χ1v) is 8.62. The Bertz CT molecular complexity index is 469. The topological polar surface area (TPSA) is 78.4 Å². The van der Waals surface area contributed by atoms with Crippen LogP contribution in [0.4, 0.5) is 10.5 Å². The Morgan fingerprint density at radius 2 is 2.00 bits per heavy atom. The lowest BCUT2D eigenvalue weighted by molar-refractivity contribution is -0.139. The maximum Gasteiger partial charge on any atom is 0.326 e. The number of urea groups is 1. The molecule has 2 amide bonds. The van der Waals surface area contributed by atoms with Gasteiger partial charge in [-0.2, -0.15) is 11.8 Å². The Kier molecular flexibility index (Phi) is 7.32. The summed E-state index contributed by atoms with van der Waals surface area (Å²) in [6.45, 7) is 0. The van der Waals surface area contributed by atoms with E-state index in [9.17, 15) is 9.59 Å². The molecule has 0 heterocycles. The van der Waals surface area contributed by atoms with Crippen LogP contribution in [0, 0.1) is 0 Å². The van der Waals surface area contributed by atoms with E-state index in [1.165, 1.54) is 11.8 Å². The number of para-hydroxylation sites is 1. The maximum absolute atomic E-state index is 11.9. The fourth-order valence-electron chi connectivity index (χ4n) is 1.56. The lowest BCUT2D eigenvalue weighted by atomic mass is 10.2. The molecule has 0 spiro atoms. The summed E-state index contributed by atoms with van der Waals surface area (Å²) in [5.74, 6) is -0.342. The molecule has 3 N–H and O–H groups in total. The zero-order valence-electron chi connectivity index (χ0n) is 11.4. The predicted molar refractivity (Wildman–Crippen MR) is 84.8 cm³/mol. The van der Waals surface area contributed by atoms with Crippen molar-refractivity contribution in [2.75, 3.05) is 23.6 Å². The van der Waals surface area contributed by atoms with Crippen molar-refractivity contribution in [1.29, 1.82) is 0 Å². The summed E-state index contributed by atoms with van der Waals surface area (Å²) in [6, 6.07) is 6.00. The summed E-state index contributed by atoms with van der Waals surface area (Å²) in [7, 11) is 0. The average Bonchev–Trinajstić information content (AvgIpc) is 2.43. The van der Waals surface area contributed by atoms with Gasteiger partial charge in [0, 0.05) is 4.90 Å². The van der Waals surface area contributed by atoms with Gasteiger partial charge in [-0.05, 0) is 36.8 Å². The monoisotopic (exact) mass is 314 g/mol. The summed E-state index contributed by atoms with van der Waals surface area (Å²) in [4.78, 5) is 23.8. The molecule has 1 aromatic rings. The molecule has 1 atom stereocenters. The van der Waals surface area contributed by atoms with Crippen molar-refractivity contribution in [1.82, 2.24) is 5.32 Å². The second kappa shape index (κ2) is 8.76. The number of carboxylic acids is 1. The third-order valence-corrected chi connectivity index (χ3v) is 4.01. The molecular weight excluding hydrogens is 296 g/mol. The molecule has 0 saturated heterocycles. The van der Waals surface area contributed by atoms with E-state index in [0.29, 0.717) is 17.9 Å². The third kappa shape index (κ3) is 5.34. The van der Waals surface area contributed by atoms with E-state index in [1.807, 2.05) is 30.7 Å². The number of rotatable bonds is 7. The molecule has 1 aromatic carbocycles. The predicted octanol–water partition coefficient (Wildman–Crippen LogP) is 2.74. The van der Waals surface area contributed by atoms with E-state index in [4.69, 9.17) is 5.11 Å². The number of aliphatic carboxylic acids is 1. The molecule has 0 aromatic heterocycles.